The molecule has 1 N–H and O–H groups in total. The van der Waals surface area contributed by atoms with Crippen LogP contribution < -0.4 is 5.32 Å². The van der Waals surface area contributed by atoms with Crippen molar-refractivity contribution in [2.24, 2.45) is 0 Å². The van der Waals surface area contributed by atoms with E-state index in [-0.39, 0.29) is 23.6 Å². The van der Waals surface area contributed by atoms with Crippen LogP contribution in [0.1, 0.15) is 47.3 Å². The lowest BCUT2D eigenvalue weighted by Gasteiger charge is -2.13. The molecule has 0 aliphatic heterocycles. The lowest BCUT2D eigenvalue weighted by atomic mass is 10.0. The zero-order valence-corrected chi connectivity index (χ0v) is 12.4. The third-order valence-corrected chi connectivity index (χ3v) is 3.52. The normalized spacial score (nSPS) is 12.2. The van der Waals surface area contributed by atoms with Gasteiger partial charge in [-0.05, 0) is 36.6 Å². The molecule has 2 rings (SSSR count). The van der Waals surface area contributed by atoms with E-state index in [1.807, 2.05) is 19.1 Å². The third-order valence-electron chi connectivity index (χ3n) is 3.25. The Morgan fingerprint density at radius 2 is 1.95 bits per heavy atom. The standard InChI is InChI=1S/C16H18ClNO2/c1-3-12-4-6-13(7-5-12)11(2)18-16(19)15-9-8-14(10-17)20-15/h4-9,11H,3,10H2,1-2H3,(H,18,19). The van der Waals surface area contributed by atoms with Crippen molar-refractivity contribution in [2.45, 2.75) is 32.2 Å². The van der Waals surface area contributed by atoms with E-state index in [0.29, 0.717) is 5.76 Å². The van der Waals surface area contributed by atoms with Gasteiger partial charge in [0.25, 0.3) is 5.91 Å². The molecule has 0 radical (unpaired) electrons. The van der Waals surface area contributed by atoms with Gasteiger partial charge >= 0.3 is 0 Å². The first-order valence-electron chi connectivity index (χ1n) is 6.68. The highest BCUT2D eigenvalue weighted by Gasteiger charge is 2.14. The summed E-state index contributed by atoms with van der Waals surface area (Å²) in [7, 11) is 0. The molecular weight excluding hydrogens is 274 g/mol. The van der Waals surface area contributed by atoms with Crippen LogP contribution in [0.15, 0.2) is 40.8 Å². The molecule has 0 saturated carbocycles. The van der Waals surface area contributed by atoms with Gasteiger partial charge < -0.3 is 9.73 Å². The second-order valence-corrected chi connectivity index (χ2v) is 4.96. The molecule has 3 nitrogen and oxygen atoms in total. The Morgan fingerprint density at radius 1 is 1.25 bits per heavy atom. The fraction of sp³-hybridized carbons (Fsp3) is 0.312. The summed E-state index contributed by atoms with van der Waals surface area (Å²) < 4.78 is 5.32. The number of alkyl halides is 1. The molecule has 106 valence electrons. The monoisotopic (exact) mass is 291 g/mol. The summed E-state index contributed by atoms with van der Waals surface area (Å²) in [4.78, 5) is 12.0. The largest absolute Gasteiger partial charge is 0.455 e. The molecule has 2 aromatic rings. The average Bonchev–Trinajstić information content (AvgIpc) is 2.96. The Kier molecular flexibility index (Phi) is 4.85. The van der Waals surface area contributed by atoms with Crippen LogP contribution >= 0.6 is 11.6 Å². The molecular formula is C16H18ClNO2. The SMILES string of the molecule is CCc1ccc(C(C)NC(=O)c2ccc(CCl)o2)cc1. The molecule has 0 aliphatic rings. The van der Waals surface area contributed by atoms with Crippen LogP contribution in [0.4, 0.5) is 0 Å². The quantitative estimate of drug-likeness (QED) is 0.844. The molecule has 0 aliphatic carbocycles. The van der Waals surface area contributed by atoms with Gasteiger partial charge in [-0.25, -0.2) is 0 Å². The summed E-state index contributed by atoms with van der Waals surface area (Å²) in [5, 5.41) is 2.91. The van der Waals surface area contributed by atoms with E-state index < -0.39 is 0 Å². The molecule has 1 atom stereocenters. The Bertz CT molecular complexity index is 574. The van der Waals surface area contributed by atoms with Crippen LogP contribution in [0, 0.1) is 0 Å². The van der Waals surface area contributed by atoms with E-state index in [4.69, 9.17) is 16.0 Å². The molecule has 4 heteroatoms. The fourth-order valence-corrected chi connectivity index (χ4v) is 2.11. The molecule has 0 fully saturated rings. The predicted molar refractivity (Wildman–Crippen MR) is 80.0 cm³/mol. The van der Waals surface area contributed by atoms with Gasteiger partial charge in [0.05, 0.1) is 11.9 Å². The van der Waals surface area contributed by atoms with Crippen LogP contribution in [-0.2, 0) is 12.3 Å². The molecule has 0 bridgehead atoms. The lowest BCUT2D eigenvalue weighted by Crippen LogP contribution is -2.26. The first kappa shape index (κ1) is 14.7. The van der Waals surface area contributed by atoms with E-state index in [1.165, 1.54) is 5.56 Å². The Labute approximate surface area is 123 Å². The van der Waals surface area contributed by atoms with Crippen molar-refractivity contribution in [3.8, 4) is 0 Å². The van der Waals surface area contributed by atoms with Gasteiger partial charge in [-0.1, -0.05) is 31.2 Å². The summed E-state index contributed by atoms with van der Waals surface area (Å²) in [5.41, 5.74) is 2.35. The number of furan rings is 1. The van der Waals surface area contributed by atoms with Gasteiger partial charge in [0.2, 0.25) is 0 Å². The van der Waals surface area contributed by atoms with Crippen molar-refractivity contribution in [1.82, 2.24) is 5.32 Å². The van der Waals surface area contributed by atoms with Crippen molar-refractivity contribution in [3.05, 3.63) is 59.0 Å². The number of hydrogen-bond donors (Lipinski definition) is 1. The van der Waals surface area contributed by atoms with E-state index in [9.17, 15) is 4.79 Å². The van der Waals surface area contributed by atoms with Crippen molar-refractivity contribution in [3.63, 3.8) is 0 Å². The number of rotatable bonds is 5. The summed E-state index contributed by atoms with van der Waals surface area (Å²) in [6.07, 6.45) is 1.01. The first-order chi connectivity index (χ1) is 9.63. The number of hydrogen-bond acceptors (Lipinski definition) is 2. The van der Waals surface area contributed by atoms with Gasteiger partial charge in [0.1, 0.15) is 5.76 Å². The molecule has 0 spiro atoms. The number of halogens is 1. The van der Waals surface area contributed by atoms with Crippen molar-refractivity contribution in [2.75, 3.05) is 0 Å². The van der Waals surface area contributed by atoms with Crippen molar-refractivity contribution < 1.29 is 9.21 Å². The maximum absolute atomic E-state index is 12.0. The van der Waals surface area contributed by atoms with Gasteiger partial charge in [-0.2, -0.15) is 0 Å². The number of benzene rings is 1. The number of carbonyl (C=O) groups excluding carboxylic acids is 1. The smallest absolute Gasteiger partial charge is 0.287 e. The third kappa shape index (κ3) is 3.42. The molecule has 1 amide bonds. The zero-order valence-electron chi connectivity index (χ0n) is 11.7. The molecule has 1 aromatic carbocycles. The maximum atomic E-state index is 12.0. The highest BCUT2D eigenvalue weighted by Crippen LogP contribution is 2.16. The zero-order chi connectivity index (χ0) is 14.5. The minimum Gasteiger partial charge on any atom is -0.455 e. The van der Waals surface area contributed by atoms with Gasteiger partial charge in [-0.15, -0.1) is 11.6 Å². The minimum atomic E-state index is -0.228. The van der Waals surface area contributed by atoms with Gasteiger partial charge in [-0.3, -0.25) is 4.79 Å². The average molecular weight is 292 g/mol. The molecule has 0 saturated heterocycles. The maximum Gasteiger partial charge on any atom is 0.287 e. The highest BCUT2D eigenvalue weighted by molar-refractivity contribution is 6.16. The van der Waals surface area contributed by atoms with E-state index >= 15 is 0 Å². The predicted octanol–water partition coefficient (Wildman–Crippen LogP) is 4.07. The summed E-state index contributed by atoms with van der Waals surface area (Å²) in [6, 6.07) is 11.5. The Morgan fingerprint density at radius 3 is 2.50 bits per heavy atom. The number of amides is 1. The first-order valence-corrected chi connectivity index (χ1v) is 7.22. The summed E-state index contributed by atoms with van der Waals surface area (Å²) >= 11 is 5.65. The number of carbonyl (C=O) groups is 1. The van der Waals surface area contributed by atoms with Crippen LogP contribution in [0.5, 0.6) is 0 Å². The van der Waals surface area contributed by atoms with Crippen LogP contribution in [0.2, 0.25) is 0 Å². The molecule has 1 unspecified atom stereocenters. The van der Waals surface area contributed by atoms with Crippen molar-refractivity contribution in [1.29, 1.82) is 0 Å². The topological polar surface area (TPSA) is 42.2 Å². The minimum absolute atomic E-state index is 0.0713. The molecule has 1 heterocycles. The van der Waals surface area contributed by atoms with Gasteiger partial charge in [0, 0.05) is 0 Å². The Hall–Kier alpha value is -1.74. The number of nitrogens with one attached hydrogen (secondary N) is 1. The van der Waals surface area contributed by atoms with E-state index in [0.717, 1.165) is 12.0 Å². The molecule has 1 aromatic heterocycles. The van der Waals surface area contributed by atoms with Crippen LogP contribution in [-0.4, -0.2) is 5.91 Å². The van der Waals surface area contributed by atoms with Crippen LogP contribution in [0.3, 0.4) is 0 Å². The summed E-state index contributed by atoms with van der Waals surface area (Å²) in [5.74, 6) is 0.921. The van der Waals surface area contributed by atoms with Crippen molar-refractivity contribution >= 4 is 17.5 Å². The van der Waals surface area contributed by atoms with Gasteiger partial charge in [0.15, 0.2) is 5.76 Å². The van der Waals surface area contributed by atoms with E-state index in [2.05, 4.69) is 24.4 Å². The summed E-state index contributed by atoms with van der Waals surface area (Å²) in [6.45, 7) is 4.07. The molecule has 20 heavy (non-hydrogen) atoms. The highest BCUT2D eigenvalue weighted by atomic mass is 35.5. The van der Waals surface area contributed by atoms with E-state index in [1.54, 1.807) is 12.1 Å². The Balaban J connectivity index is 2.02. The fourth-order valence-electron chi connectivity index (χ4n) is 1.96. The number of aryl methyl sites for hydroxylation is 1. The second-order valence-electron chi connectivity index (χ2n) is 4.69. The second kappa shape index (κ2) is 6.62. The lowest BCUT2D eigenvalue weighted by molar-refractivity contribution is 0.0910. The van der Waals surface area contributed by atoms with Crippen LogP contribution in [0.25, 0.3) is 0 Å².